The maximum atomic E-state index is 11.1. The van der Waals surface area contributed by atoms with Crippen molar-refractivity contribution in [2.24, 2.45) is 0 Å². The summed E-state index contributed by atoms with van der Waals surface area (Å²) in [5.41, 5.74) is 0.947. The first-order valence-corrected chi connectivity index (χ1v) is 6.54. The second-order valence-corrected chi connectivity index (χ2v) is 5.17. The van der Waals surface area contributed by atoms with Gasteiger partial charge in [-0.15, -0.1) is 11.3 Å². The minimum Gasteiger partial charge on any atom is -0.494 e. The Morgan fingerprint density at radius 1 is 1.44 bits per heavy atom. The van der Waals surface area contributed by atoms with Crippen LogP contribution in [0.15, 0.2) is 24.3 Å². The number of rotatable bonds is 4. The summed E-state index contributed by atoms with van der Waals surface area (Å²) in [5.74, 6) is -0.247. The zero-order valence-electron chi connectivity index (χ0n) is 9.60. The molecule has 0 saturated carbocycles. The van der Waals surface area contributed by atoms with Crippen LogP contribution < -0.4 is 4.74 Å². The number of H-pyrrole nitrogens is 1. The Kier molecular flexibility index (Phi) is 3.78. The first-order valence-electron chi connectivity index (χ1n) is 5.31. The van der Waals surface area contributed by atoms with Crippen molar-refractivity contribution in [2.45, 2.75) is 6.92 Å². The summed E-state index contributed by atoms with van der Waals surface area (Å²) in [5, 5.41) is 9.08. The second-order valence-electron chi connectivity index (χ2n) is 3.48. The topological polar surface area (TPSA) is 62.3 Å². The lowest BCUT2D eigenvalue weighted by Gasteiger charge is -2.04. The van der Waals surface area contributed by atoms with Crippen LogP contribution in [0.3, 0.4) is 0 Å². The van der Waals surface area contributed by atoms with Crippen molar-refractivity contribution in [3.63, 3.8) is 0 Å². The molecule has 6 heteroatoms. The van der Waals surface area contributed by atoms with E-state index in [9.17, 15) is 4.79 Å². The van der Waals surface area contributed by atoms with Gasteiger partial charge in [-0.25, -0.2) is 4.79 Å². The van der Waals surface area contributed by atoms with Gasteiger partial charge in [0, 0.05) is 0 Å². The maximum absolute atomic E-state index is 11.1. The SMILES string of the molecule is CCOc1ccc(-c2sc(=S)[nH]c2C(=O)O)cc1. The van der Waals surface area contributed by atoms with Crippen molar-refractivity contribution in [3.8, 4) is 16.2 Å². The molecule has 18 heavy (non-hydrogen) atoms. The van der Waals surface area contributed by atoms with Gasteiger partial charge < -0.3 is 14.8 Å². The number of carbonyl (C=O) groups is 1. The van der Waals surface area contributed by atoms with Crippen LogP contribution in [-0.2, 0) is 0 Å². The maximum Gasteiger partial charge on any atom is 0.353 e. The molecule has 1 heterocycles. The highest BCUT2D eigenvalue weighted by Gasteiger charge is 2.15. The summed E-state index contributed by atoms with van der Waals surface area (Å²) in [6, 6.07) is 7.28. The zero-order chi connectivity index (χ0) is 13.1. The molecule has 0 saturated heterocycles. The lowest BCUT2D eigenvalue weighted by atomic mass is 10.1. The molecule has 1 aromatic heterocycles. The van der Waals surface area contributed by atoms with E-state index >= 15 is 0 Å². The third-order valence-electron chi connectivity index (χ3n) is 2.29. The van der Waals surface area contributed by atoms with E-state index < -0.39 is 5.97 Å². The number of aromatic carboxylic acids is 1. The van der Waals surface area contributed by atoms with Gasteiger partial charge in [0.05, 0.1) is 11.5 Å². The molecule has 0 amide bonds. The van der Waals surface area contributed by atoms with Crippen LogP contribution in [0.5, 0.6) is 5.75 Å². The van der Waals surface area contributed by atoms with E-state index in [1.54, 1.807) is 0 Å². The number of carboxylic acids is 1. The van der Waals surface area contributed by atoms with Crippen LogP contribution in [0.4, 0.5) is 0 Å². The third-order valence-corrected chi connectivity index (χ3v) is 3.57. The lowest BCUT2D eigenvalue weighted by molar-refractivity contribution is 0.0692. The van der Waals surface area contributed by atoms with Gasteiger partial charge in [-0.2, -0.15) is 0 Å². The smallest absolute Gasteiger partial charge is 0.353 e. The minimum atomic E-state index is -1.01. The summed E-state index contributed by atoms with van der Waals surface area (Å²) < 4.78 is 5.79. The number of aromatic nitrogens is 1. The summed E-state index contributed by atoms with van der Waals surface area (Å²) in [4.78, 5) is 14.4. The highest BCUT2D eigenvalue weighted by molar-refractivity contribution is 7.73. The van der Waals surface area contributed by atoms with Gasteiger partial charge in [-0.3, -0.25) is 0 Å². The number of nitrogens with one attached hydrogen (secondary N) is 1. The Bertz CT molecular complexity index is 613. The molecule has 2 N–H and O–H groups in total. The molecule has 0 aliphatic carbocycles. The number of ether oxygens (including phenoxy) is 1. The average Bonchev–Trinajstić information content (AvgIpc) is 2.73. The molecule has 0 unspecified atom stereocenters. The van der Waals surface area contributed by atoms with Gasteiger partial charge in [-0.1, -0.05) is 0 Å². The standard InChI is InChI=1S/C12H11NO3S2/c1-2-16-8-5-3-7(4-6-8)10-9(11(14)15)13-12(17)18-10/h3-6H,2H2,1H3,(H,13,17)(H,14,15). The zero-order valence-corrected chi connectivity index (χ0v) is 11.2. The third kappa shape index (κ3) is 2.60. The van der Waals surface area contributed by atoms with Gasteiger partial charge in [-0.05, 0) is 49.0 Å². The fraction of sp³-hybridized carbons (Fsp3) is 0.167. The van der Waals surface area contributed by atoms with E-state index in [2.05, 4.69) is 4.98 Å². The Hall–Kier alpha value is -1.66. The van der Waals surface area contributed by atoms with Crippen LogP contribution in [0, 0.1) is 3.95 Å². The molecule has 2 rings (SSSR count). The molecule has 2 aromatic rings. The van der Waals surface area contributed by atoms with Crippen LogP contribution in [0.25, 0.3) is 10.4 Å². The van der Waals surface area contributed by atoms with E-state index in [1.165, 1.54) is 11.3 Å². The number of hydrogen-bond acceptors (Lipinski definition) is 4. The van der Waals surface area contributed by atoms with E-state index in [0.717, 1.165) is 11.3 Å². The molecule has 1 aromatic carbocycles. The van der Waals surface area contributed by atoms with Gasteiger partial charge in [0.25, 0.3) is 0 Å². The van der Waals surface area contributed by atoms with Gasteiger partial charge in [0.1, 0.15) is 11.4 Å². The minimum absolute atomic E-state index is 0.133. The molecule has 0 spiro atoms. The molecule has 0 atom stereocenters. The van der Waals surface area contributed by atoms with E-state index in [-0.39, 0.29) is 5.69 Å². The number of carboxylic acid groups (broad SMARTS) is 1. The fourth-order valence-corrected chi connectivity index (χ4v) is 2.74. The van der Waals surface area contributed by atoms with E-state index in [0.29, 0.717) is 15.4 Å². The molecule has 4 nitrogen and oxygen atoms in total. The Morgan fingerprint density at radius 3 is 2.67 bits per heavy atom. The quantitative estimate of drug-likeness (QED) is 0.841. The predicted molar refractivity (Wildman–Crippen MR) is 73.1 cm³/mol. The molecule has 0 radical (unpaired) electrons. The summed E-state index contributed by atoms with van der Waals surface area (Å²) >= 11 is 6.23. The van der Waals surface area contributed by atoms with Crippen LogP contribution in [0.2, 0.25) is 0 Å². The number of thiazole rings is 1. The molecule has 0 aliphatic heterocycles. The molecule has 0 fully saturated rings. The Balaban J connectivity index is 2.42. The second kappa shape index (κ2) is 5.32. The predicted octanol–water partition coefficient (Wildman–Crippen LogP) is 3.57. The average molecular weight is 281 g/mol. The molecule has 0 bridgehead atoms. The van der Waals surface area contributed by atoms with Crippen molar-refractivity contribution in [2.75, 3.05) is 6.61 Å². The molecule has 94 valence electrons. The molecular weight excluding hydrogens is 270 g/mol. The van der Waals surface area contributed by atoms with Crippen molar-refractivity contribution in [1.29, 1.82) is 0 Å². The monoisotopic (exact) mass is 281 g/mol. The first-order chi connectivity index (χ1) is 8.61. The molecular formula is C12H11NO3S2. The van der Waals surface area contributed by atoms with Crippen molar-refractivity contribution < 1.29 is 14.6 Å². The Morgan fingerprint density at radius 2 is 2.11 bits per heavy atom. The van der Waals surface area contributed by atoms with Crippen molar-refractivity contribution >= 4 is 29.5 Å². The fourth-order valence-electron chi connectivity index (χ4n) is 1.55. The Labute approximate surface area is 113 Å². The van der Waals surface area contributed by atoms with Gasteiger partial charge in [0.2, 0.25) is 0 Å². The largest absolute Gasteiger partial charge is 0.494 e. The summed E-state index contributed by atoms with van der Waals surface area (Å²) in [6.45, 7) is 2.51. The first kappa shape index (κ1) is 12.8. The van der Waals surface area contributed by atoms with E-state index in [4.69, 9.17) is 22.1 Å². The number of benzene rings is 1. The van der Waals surface area contributed by atoms with Crippen LogP contribution >= 0.6 is 23.6 Å². The highest BCUT2D eigenvalue weighted by atomic mass is 32.1. The van der Waals surface area contributed by atoms with Gasteiger partial charge >= 0.3 is 5.97 Å². The summed E-state index contributed by atoms with van der Waals surface area (Å²) in [6.07, 6.45) is 0. The normalized spacial score (nSPS) is 10.3. The van der Waals surface area contributed by atoms with Gasteiger partial charge in [0.15, 0.2) is 3.95 Å². The number of hydrogen-bond donors (Lipinski definition) is 2. The van der Waals surface area contributed by atoms with E-state index in [1.807, 2.05) is 31.2 Å². The number of aromatic amines is 1. The lowest BCUT2D eigenvalue weighted by Crippen LogP contribution is -1.98. The van der Waals surface area contributed by atoms with Crippen LogP contribution in [0.1, 0.15) is 17.4 Å². The summed E-state index contributed by atoms with van der Waals surface area (Å²) in [7, 11) is 0. The van der Waals surface area contributed by atoms with Crippen molar-refractivity contribution in [1.82, 2.24) is 4.98 Å². The molecule has 0 aliphatic rings. The van der Waals surface area contributed by atoms with Crippen LogP contribution in [-0.4, -0.2) is 22.7 Å². The van der Waals surface area contributed by atoms with Crippen molar-refractivity contribution in [3.05, 3.63) is 33.9 Å². The highest BCUT2D eigenvalue weighted by Crippen LogP contribution is 2.30.